The van der Waals surface area contributed by atoms with Crippen molar-refractivity contribution in [2.75, 3.05) is 13.1 Å². The summed E-state index contributed by atoms with van der Waals surface area (Å²) in [6, 6.07) is 0. The SMILES string of the molecule is NC(=O)C(O)C1CCN(Cc2noc3c2CCCC3)CC1. The van der Waals surface area contributed by atoms with Gasteiger partial charge in [-0.25, -0.2) is 0 Å². The molecule has 2 aliphatic rings. The fourth-order valence-electron chi connectivity index (χ4n) is 3.44. The molecule has 1 amide bonds. The molecule has 1 aliphatic carbocycles. The number of rotatable bonds is 4. The van der Waals surface area contributed by atoms with Gasteiger partial charge in [0.1, 0.15) is 17.6 Å². The Kier molecular flexibility index (Phi) is 4.26. The Morgan fingerprint density at radius 2 is 2.10 bits per heavy atom. The second-order valence-electron chi connectivity index (χ2n) is 6.20. The number of hydrogen-bond donors (Lipinski definition) is 2. The molecule has 2 heterocycles. The molecule has 3 rings (SSSR count). The molecule has 0 aromatic carbocycles. The van der Waals surface area contributed by atoms with Crippen LogP contribution < -0.4 is 5.73 Å². The summed E-state index contributed by atoms with van der Waals surface area (Å²) in [4.78, 5) is 13.3. The Bertz CT molecular complexity index is 506. The Balaban J connectivity index is 1.56. The van der Waals surface area contributed by atoms with Crippen LogP contribution in [0.25, 0.3) is 0 Å². The van der Waals surface area contributed by atoms with E-state index in [0.717, 1.165) is 56.8 Å². The zero-order valence-corrected chi connectivity index (χ0v) is 12.3. The molecule has 1 aliphatic heterocycles. The highest BCUT2D eigenvalue weighted by Gasteiger charge is 2.29. The zero-order chi connectivity index (χ0) is 14.8. The van der Waals surface area contributed by atoms with Gasteiger partial charge in [0.05, 0.1) is 0 Å². The molecule has 1 aromatic heterocycles. The number of fused-ring (bicyclic) bond motifs is 1. The van der Waals surface area contributed by atoms with Crippen LogP contribution in [0.2, 0.25) is 0 Å². The molecule has 1 unspecified atom stereocenters. The maximum Gasteiger partial charge on any atom is 0.246 e. The largest absolute Gasteiger partial charge is 0.383 e. The highest BCUT2D eigenvalue weighted by atomic mass is 16.5. The standard InChI is InChI=1S/C15H23N3O3/c16-15(20)14(19)10-5-7-18(8-6-10)9-12-11-3-1-2-4-13(11)21-17-12/h10,14,19H,1-9H2,(H2,16,20). The predicted octanol–water partition coefficient (Wildman–Crippen LogP) is 0.612. The number of nitrogens with two attached hydrogens (primary N) is 1. The summed E-state index contributed by atoms with van der Waals surface area (Å²) < 4.78 is 5.44. The van der Waals surface area contributed by atoms with E-state index in [0.29, 0.717) is 0 Å². The Labute approximate surface area is 124 Å². The van der Waals surface area contributed by atoms with Crippen LogP contribution in [0.15, 0.2) is 4.52 Å². The molecule has 0 radical (unpaired) electrons. The Morgan fingerprint density at radius 1 is 1.38 bits per heavy atom. The number of primary amides is 1. The lowest BCUT2D eigenvalue weighted by Gasteiger charge is -2.32. The number of hydrogen-bond acceptors (Lipinski definition) is 5. The van der Waals surface area contributed by atoms with Crippen LogP contribution in [0.4, 0.5) is 0 Å². The van der Waals surface area contributed by atoms with E-state index in [1.807, 2.05) is 0 Å². The van der Waals surface area contributed by atoms with Gasteiger partial charge >= 0.3 is 0 Å². The van der Waals surface area contributed by atoms with Crippen molar-refractivity contribution >= 4 is 5.91 Å². The summed E-state index contributed by atoms with van der Waals surface area (Å²) in [7, 11) is 0. The van der Waals surface area contributed by atoms with Crippen molar-refractivity contribution in [3.05, 3.63) is 17.0 Å². The molecule has 0 bridgehead atoms. The van der Waals surface area contributed by atoms with E-state index >= 15 is 0 Å². The lowest BCUT2D eigenvalue weighted by molar-refractivity contribution is -0.129. The molecule has 0 saturated carbocycles. The smallest absolute Gasteiger partial charge is 0.246 e. The number of likely N-dealkylation sites (tertiary alicyclic amines) is 1. The molecule has 6 nitrogen and oxygen atoms in total. The first-order valence-electron chi connectivity index (χ1n) is 7.81. The molecular weight excluding hydrogens is 270 g/mol. The average molecular weight is 293 g/mol. The molecule has 1 atom stereocenters. The van der Waals surface area contributed by atoms with Gasteiger partial charge in [0.25, 0.3) is 0 Å². The molecule has 1 saturated heterocycles. The van der Waals surface area contributed by atoms with Crippen molar-refractivity contribution in [3.63, 3.8) is 0 Å². The second kappa shape index (κ2) is 6.15. The Hall–Kier alpha value is -1.40. The first kappa shape index (κ1) is 14.5. The molecule has 1 fully saturated rings. The molecule has 116 valence electrons. The van der Waals surface area contributed by atoms with E-state index in [1.165, 1.54) is 18.4 Å². The summed E-state index contributed by atoms with van der Waals surface area (Å²) in [6.45, 7) is 2.52. The highest BCUT2D eigenvalue weighted by molar-refractivity contribution is 5.78. The van der Waals surface area contributed by atoms with Gasteiger partial charge < -0.3 is 15.4 Å². The van der Waals surface area contributed by atoms with Gasteiger partial charge in [-0.2, -0.15) is 0 Å². The Morgan fingerprint density at radius 3 is 2.81 bits per heavy atom. The van der Waals surface area contributed by atoms with Gasteiger partial charge in [-0.15, -0.1) is 0 Å². The average Bonchev–Trinajstić information content (AvgIpc) is 2.91. The van der Waals surface area contributed by atoms with Crippen LogP contribution >= 0.6 is 0 Å². The van der Waals surface area contributed by atoms with Crippen LogP contribution in [-0.4, -0.2) is 40.3 Å². The van der Waals surface area contributed by atoms with Crippen LogP contribution in [0.5, 0.6) is 0 Å². The summed E-state index contributed by atoms with van der Waals surface area (Å²) in [5.41, 5.74) is 7.54. The maximum atomic E-state index is 11.0. The minimum Gasteiger partial charge on any atom is -0.383 e. The summed E-state index contributed by atoms with van der Waals surface area (Å²) in [5, 5.41) is 14.0. The normalized spacial score (nSPS) is 22.0. The van der Waals surface area contributed by atoms with Gasteiger partial charge in [-0.05, 0) is 51.1 Å². The van der Waals surface area contributed by atoms with E-state index in [2.05, 4.69) is 10.1 Å². The van der Waals surface area contributed by atoms with E-state index in [9.17, 15) is 9.90 Å². The van der Waals surface area contributed by atoms with Crippen LogP contribution in [0.3, 0.4) is 0 Å². The third kappa shape index (κ3) is 3.11. The molecule has 1 aromatic rings. The van der Waals surface area contributed by atoms with Crippen molar-refractivity contribution in [3.8, 4) is 0 Å². The fraction of sp³-hybridized carbons (Fsp3) is 0.733. The quantitative estimate of drug-likeness (QED) is 0.848. The number of carbonyl (C=O) groups is 1. The minimum atomic E-state index is -1.01. The maximum absolute atomic E-state index is 11.0. The monoisotopic (exact) mass is 293 g/mol. The topological polar surface area (TPSA) is 92.6 Å². The van der Waals surface area contributed by atoms with E-state index in [1.54, 1.807) is 0 Å². The third-order valence-corrected chi connectivity index (χ3v) is 4.78. The highest BCUT2D eigenvalue weighted by Crippen LogP contribution is 2.27. The molecular formula is C15H23N3O3. The van der Waals surface area contributed by atoms with Crippen LogP contribution in [0, 0.1) is 5.92 Å². The molecule has 0 spiro atoms. The lowest BCUT2D eigenvalue weighted by atomic mass is 9.90. The number of nitrogens with zero attached hydrogens (tertiary/aromatic N) is 2. The van der Waals surface area contributed by atoms with Gasteiger partial charge in [-0.1, -0.05) is 5.16 Å². The number of aliphatic hydroxyl groups excluding tert-OH is 1. The third-order valence-electron chi connectivity index (χ3n) is 4.78. The number of piperidine rings is 1. The molecule has 3 N–H and O–H groups in total. The molecule has 21 heavy (non-hydrogen) atoms. The summed E-state index contributed by atoms with van der Waals surface area (Å²) in [5.74, 6) is 0.444. The number of amides is 1. The number of aromatic nitrogens is 1. The van der Waals surface area contributed by atoms with Gasteiger partial charge in [0.2, 0.25) is 5.91 Å². The van der Waals surface area contributed by atoms with E-state index < -0.39 is 12.0 Å². The van der Waals surface area contributed by atoms with Crippen molar-refractivity contribution in [2.45, 2.75) is 51.2 Å². The van der Waals surface area contributed by atoms with Crippen molar-refractivity contribution in [2.24, 2.45) is 11.7 Å². The van der Waals surface area contributed by atoms with Crippen molar-refractivity contribution in [1.29, 1.82) is 0 Å². The second-order valence-corrected chi connectivity index (χ2v) is 6.20. The summed E-state index contributed by atoms with van der Waals surface area (Å²) >= 11 is 0. The minimum absolute atomic E-state index is 0.00928. The van der Waals surface area contributed by atoms with Crippen molar-refractivity contribution < 1.29 is 14.4 Å². The number of aliphatic hydroxyl groups is 1. The first-order chi connectivity index (χ1) is 10.1. The number of aryl methyl sites for hydroxylation is 1. The van der Waals surface area contributed by atoms with Gasteiger partial charge in [0.15, 0.2) is 0 Å². The predicted molar refractivity (Wildman–Crippen MR) is 76.3 cm³/mol. The summed E-state index contributed by atoms with van der Waals surface area (Å²) in [6.07, 6.45) is 5.08. The van der Waals surface area contributed by atoms with Crippen molar-refractivity contribution in [1.82, 2.24) is 10.1 Å². The van der Waals surface area contributed by atoms with Gasteiger partial charge in [-0.3, -0.25) is 9.69 Å². The van der Waals surface area contributed by atoms with Gasteiger partial charge in [0, 0.05) is 18.5 Å². The van der Waals surface area contributed by atoms with E-state index in [-0.39, 0.29) is 5.92 Å². The number of carbonyl (C=O) groups excluding carboxylic acids is 1. The molecule has 6 heteroatoms. The fourth-order valence-corrected chi connectivity index (χ4v) is 3.44. The zero-order valence-electron chi connectivity index (χ0n) is 12.3. The van der Waals surface area contributed by atoms with Crippen LogP contribution in [0.1, 0.15) is 42.7 Å². The first-order valence-corrected chi connectivity index (χ1v) is 7.81. The van der Waals surface area contributed by atoms with E-state index in [4.69, 9.17) is 10.3 Å². The lowest BCUT2D eigenvalue weighted by Crippen LogP contribution is -2.42. The van der Waals surface area contributed by atoms with Crippen LogP contribution in [-0.2, 0) is 24.2 Å².